The van der Waals surface area contributed by atoms with Crippen LogP contribution >= 0.6 is 11.8 Å². The Morgan fingerprint density at radius 1 is 1.16 bits per heavy atom. The Morgan fingerprint density at radius 2 is 2.00 bits per heavy atom. The third-order valence-corrected chi connectivity index (χ3v) is 5.63. The molecule has 3 aromatic rings. The number of halogens is 2. The summed E-state index contributed by atoms with van der Waals surface area (Å²) in [5, 5.41) is 3.30. The van der Waals surface area contributed by atoms with Crippen LogP contribution in [0.3, 0.4) is 0 Å². The number of hydrogen-bond acceptors (Lipinski definition) is 5. The van der Waals surface area contributed by atoms with Gasteiger partial charge in [-0.2, -0.15) is 0 Å². The van der Waals surface area contributed by atoms with Crippen molar-refractivity contribution in [2.45, 2.75) is 16.8 Å². The molecule has 9 heteroatoms. The third-order valence-electron chi connectivity index (χ3n) is 4.56. The van der Waals surface area contributed by atoms with E-state index in [1.165, 1.54) is 17.8 Å². The number of anilines is 2. The van der Waals surface area contributed by atoms with Gasteiger partial charge in [0.05, 0.1) is 11.3 Å². The molecular formula is C22H17F2N3O3S. The van der Waals surface area contributed by atoms with E-state index in [1.54, 1.807) is 41.4 Å². The summed E-state index contributed by atoms with van der Waals surface area (Å²) in [6.45, 7) is 1.99. The molecule has 0 saturated carbocycles. The van der Waals surface area contributed by atoms with Gasteiger partial charge < -0.3 is 15.0 Å². The minimum absolute atomic E-state index is 0.0475. The van der Waals surface area contributed by atoms with Crippen LogP contribution in [0.4, 0.5) is 20.2 Å². The summed E-state index contributed by atoms with van der Waals surface area (Å²) in [6, 6.07) is 11.7. The predicted molar refractivity (Wildman–Crippen MR) is 113 cm³/mol. The molecule has 1 aromatic heterocycles. The molecule has 0 spiro atoms. The second kappa shape index (κ2) is 8.73. The van der Waals surface area contributed by atoms with Gasteiger partial charge in [-0.1, -0.05) is 11.8 Å². The molecular weight excluding hydrogens is 424 g/mol. The predicted octanol–water partition coefficient (Wildman–Crippen LogP) is 4.51. The average Bonchev–Trinajstić information content (AvgIpc) is 2.88. The molecule has 1 aliphatic rings. The third kappa shape index (κ3) is 4.36. The molecule has 0 atom stereocenters. The van der Waals surface area contributed by atoms with Gasteiger partial charge in [0.2, 0.25) is 0 Å². The van der Waals surface area contributed by atoms with Crippen molar-refractivity contribution in [2.24, 2.45) is 0 Å². The number of amides is 2. The summed E-state index contributed by atoms with van der Waals surface area (Å²) in [4.78, 5) is 31.9. The number of hydrogen-bond donors (Lipinski definition) is 1. The van der Waals surface area contributed by atoms with Crippen molar-refractivity contribution in [1.82, 2.24) is 4.98 Å². The SMILES string of the molecule is CCN1C(=O)c2cccnc2Sc2cc(NC(=O)COc3ccc(F)c(F)c3)ccc21. The van der Waals surface area contributed by atoms with E-state index < -0.39 is 17.5 Å². The molecule has 6 nitrogen and oxygen atoms in total. The highest BCUT2D eigenvalue weighted by molar-refractivity contribution is 7.99. The highest BCUT2D eigenvalue weighted by atomic mass is 32.2. The minimum atomic E-state index is -1.05. The smallest absolute Gasteiger partial charge is 0.262 e. The quantitative estimate of drug-likeness (QED) is 0.631. The molecule has 2 aromatic carbocycles. The van der Waals surface area contributed by atoms with Gasteiger partial charge in [0.1, 0.15) is 10.8 Å². The lowest BCUT2D eigenvalue weighted by atomic mass is 10.2. The van der Waals surface area contributed by atoms with Gasteiger partial charge in [-0.25, -0.2) is 13.8 Å². The van der Waals surface area contributed by atoms with E-state index in [2.05, 4.69) is 10.3 Å². The van der Waals surface area contributed by atoms with E-state index >= 15 is 0 Å². The first kappa shape index (κ1) is 20.8. The number of nitrogens with one attached hydrogen (secondary N) is 1. The van der Waals surface area contributed by atoms with Crippen LogP contribution in [-0.2, 0) is 4.79 Å². The minimum Gasteiger partial charge on any atom is -0.484 e. The lowest BCUT2D eigenvalue weighted by Gasteiger charge is -2.21. The molecule has 158 valence electrons. The fourth-order valence-corrected chi connectivity index (χ4v) is 4.17. The molecule has 0 saturated heterocycles. The van der Waals surface area contributed by atoms with Crippen LogP contribution in [0.1, 0.15) is 17.3 Å². The van der Waals surface area contributed by atoms with E-state index in [4.69, 9.17) is 4.74 Å². The maximum atomic E-state index is 13.2. The first-order valence-electron chi connectivity index (χ1n) is 9.42. The number of rotatable bonds is 5. The van der Waals surface area contributed by atoms with Crippen molar-refractivity contribution in [3.8, 4) is 5.75 Å². The van der Waals surface area contributed by atoms with Gasteiger partial charge in [-0.15, -0.1) is 0 Å². The zero-order valence-electron chi connectivity index (χ0n) is 16.4. The molecule has 1 N–H and O–H groups in total. The lowest BCUT2D eigenvalue weighted by Crippen LogP contribution is -2.30. The van der Waals surface area contributed by atoms with Crippen LogP contribution in [0.5, 0.6) is 5.75 Å². The van der Waals surface area contributed by atoms with E-state index in [0.29, 0.717) is 22.8 Å². The normalized spacial score (nSPS) is 12.6. The Balaban J connectivity index is 1.51. The summed E-state index contributed by atoms with van der Waals surface area (Å²) in [5.74, 6) is -2.59. The van der Waals surface area contributed by atoms with E-state index in [-0.39, 0.29) is 18.3 Å². The van der Waals surface area contributed by atoms with E-state index in [1.807, 2.05) is 6.92 Å². The Hall–Kier alpha value is -3.46. The highest BCUT2D eigenvalue weighted by Crippen LogP contribution is 2.41. The van der Waals surface area contributed by atoms with Crippen molar-refractivity contribution in [3.05, 3.63) is 71.9 Å². The summed E-state index contributed by atoms with van der Waals surface area (Å²) < 4.78 is 31.4. The van der Waals surface area contributed by atoms with Crippen LogP contribution < -0.4 is 15.0 Å². The first-order chi connectivity index (χ1) is 15.0. The number of pyridine rings is 1. The van der Waals surface area contributed by atoms with Crippen LogP contribution in [0, 0.1) is 11.6 Å². The van der Waals surface area contributed by atoms with Crippen molar-refractivity contribution >= 4 is 35.0 Å². The van der Waals surface area contributed by atoms with Gasteiger partial charge >= 0.3 is 0 Å². The fourth-order valence-electron chi connectivity index (χ4n) is 3.12. The Labute approximate surface area is 181 Å². The Kier molecular flexibility index (Phi) is 5.85. The van der Waals surface area contributed by atoms with Crippen molar-refractivity contribution in [1.29, 1.82) is 0 Å². The van der Waals surface area contributed by atoms with Crippen LogP contribution in [-0.4, -0.2) is 29.9 Å². The Bertz CT molecular complexity index is 1170. The number of nitrogens with zero attached hydrogens (tertiary/aromatic N) is 2. The first-order valence-corrected chi connectivity index (χ1v) is 10.2. The number of aromatic nitrogens is 1. The van der Waals surface area contributed by atoms with Crippen LogP contribution in [0.25, 0.3) is 0 Å². The molecule has 31 heavy (non-hydrogen) atoms. The molecule has 2 amide bonds. The largest absolute Gasteiger partial charge is 0.484 e. The summed E-state index contributed by atoms with van der Waals surface area (Å²) >= 11 is 1.35. The van der Waals surface area contributed by atoms with Gasteiger partial charge in [0.25, 0.3) is 11.8 Å². The number of benzene rings is 2. The monoisotopic (exact) mass is 441 g/mol. The molecule has 2 heterocycles. The second-order valence-electron chi connectivity index (χ2n) is 6.60. The molecule has 1 aliphatic heterocycles. The van der Waals surface area contributed by atoms with Gasteiger partial charge in [-0.05, 0) is 49.4 Å². The van der Waals surface area contributed by atoms with E-state index in [0.717, 1.165) is 22.7 Å². The van der Waals surface area contributed by atoms with Gasteiger partial charge in [-0.3, -0.25) is 9.59 Å². The summed E-state index contributed by atoms with van der Waals surface area (Å²) in [7, 11) is 0. The van der Waals surface area contributed by atoms with Crippen LogP contribution in [0.15, 0.2) is 64.6 Å². The summed E-state index contributed by atoms with van der Waals surface area (Å²) in [5.41, 5.74) is 1.76. The molecule has 0 unspecified atom stereocenters. The van der Waals surface area contributed by atoms with Crippen molar-refractivity contribution in [2.75, 3.05) is 23.4 Å². The van der Waals surface area contributed by atoms with Gasteiger partial charge in [0, 0.05) is 29.4 Å². The number of carbonyl (C=O) groups excluding carboxylic acids is 2. The molecule has 0 radical (unpaired) electrons. The zero-order chi connectivity index (χ0) is 22.0. The second-order valence-corrected chi connectivity index (χ2v) is 7.63. The van der Waals surface area contributed by atoms with E-state index in [9.17, 15) is 18.4 Å². The summed E-state index contributed by atoms with van der Waals surface area (Å²) in [6.07, 6.45) is 1.63. The zero-order valence-corrected chi connectivity index (χ0v) is 17.2. The Morgan fingerprint density at radius 3 is 2.77 bits per heavy atom. The molecule has 4 rings (SSSR count). The topological polar surface area (TPSA) is 71.5 Å². The highest BCUT2D eigenvalue weighted by Gasteiger charge is 2.27. The van der Waals surface area contributed by atoms with Gasteiger partial charge in [0.15, 0.2) is 18.2 Å². The maximum absolute atomic E-state index is 13.2. The number of carbonyl (C=O) groups is 2. The fraction of sp³-hybridized carbons (Fsp3) is 0.136. The molecule has 0 aliphatic carbocycles. The lowest BCUT2D eigenvalue weighted by molar-refractivity contribution is -0.118. The molecule has 0 fully saturated rings. The molecule has 0 bridgehead atoms. The number of fused-ring (bicyclic) bond motifs is 2. The standard InChI is InChI=1S/C22H17F2N3O3S/c1-2-27-18-8-5-13(10-19(18)31-21-15(22(27)29)4-3-9-25-21)26-20(28)12-30-14-6-7-16(23)17(24)11-14/h3-11H,2,12H2,1H3,(H,26,28). The van der Waals surface area contributed by atoms with Crippen molar-refractivity contribution in [3.63, 3.8) is 0 Å². The van der Waals surface area contributed by atoms with Crippen molar-refractivity contribution < 1.29 is 23.1 Å². The maximum Gasteiger partial charge on any atom is 0.262 e. The van der Waals surface area contributed by atoms with Crippen LogP contribution in [0.2, 0.25) is 0 Å². The number of ether oxygens (including phenoxy) is 1. The average molecular weight is 441 g/mol.